The van der Waals surface area contributed by atoms with Gasteiger partial charge < -0.3 is 0 Å². The number of aromatic nitrogens is 3. The van der Waals surface area contributed by atoms with E-state index in [0.717, 1.165) is 35.4 Å². The predicted molar refractivity (Wildman–Crippen MR) is 173 cm³/mol. The normalized spacial score (nSPS) is 22.2. The van der Waals surface area contributed by atoms with Gasteiger partial charge in [0.05, 0.1) is 5.41 Å². The molecule has 4 aliphatic rings. The summed E-state index contributed by atoms with van der Waals surface area (Å²) in [6.45, 7) is 0. The Kier molecular flexibility index (Phi) is 5.36. The molecule has 0 saturated heterocycles. The van der Waals surface area contributed by atoms with Crippen LogP contribution in [-0.2, 0) is 5.41 Å². The lowest BCUT2D eigenvalue weighted by Crippen LogP contribution is -2.33. The lowest BCUT2D eigenvalue weighted by Gasteiger charge is -2.36. The Morgan fingerprint density at radius 3 is 2.16 bits per heavy atom. The summed E-state index contributed by atoms with van der Waals surface area (Å²) in [6.07, 6.45) is 17.9. The molecule has 4 aliphatic carbocycles. The van der Waals surface area contributed by atoms with E-state index < -0.39 is 0 Å². The lowest BCUT2D eigenvalue weighted by molar-refractivity contribution is 0.465. The van der Waals surface area contributed by atoms with Crippen LogP contribution in [0.3, 0.4) is 0 Å². The summed E-state index contributed by atoms with van der Waals surface area (Å²) in [5, 5.41) is 0. The van der Waals surface area contributed by atoms with Crippen molar-refractivity contribution in [2.75, 3.05) is 0 Å². The Morgan fingerprint density at radius 1 is 0.581 bits per heavy atom. The summed E-state index contributed by atoms with van der Waals surface area (Å²) in [5.74, 6) is 2.76. The van der Waals surface area contributed by atoms with Gasteiger partial charge in [-0.15, -0.1) is 0 Å². The highest BCUT2D eigenvalue weighted by molar-refractivity contribution is 5.87. The van der Waals surface area contributed by atoms with Gasteiger partial charge in [-0.2, -0.15) is 0 Å². The van der Waals surface area contributed by atoms with Gasteiger partial charge in [0, 0.05) is 28.5 Å². The van der Waals surface area contributed by atoms with Gasteiger partial charge in [-0.1, -0.05) is 134 Å². The summed E-state index contributed by atoms with van der Waals surface area (Å²) in [5.41, 5.74) is 11.0. The molecule has 204 valence electrons. The number of hydrogen-bond acceptors (Lipinski definition) is 3. The maximum absolute atomic E-state index is 5.10. The summed E-state index contributed by atoms with van der Waals surface area (Å²) >= 11 is 0. The quantitative estimate of drug-likeness (QED) is 0.224. The summed E-state index contributed by atoms with van der Waals surface area (Å²) in [4.78, 5) is 15.1. The van der Waals surface area contributed by atoms with E-state index in [0.29, 0.717) is 23.5 Å². The first-order valence-corrected chi connectivity index (χ1v) is 15.2. The van der Waals surface area contributed by atoms with Gasteiger partial charge in [0.2, 0.25) is 0 Å². The average Bonchev–Trinajstić information content (AvgIpc) is 3.56. The molecule has 0 N–H and O–H groups in total. The molecule has 1 spiro atoms. The highest BCUT2D eigenvalue weighted by Gasteiger charge is 2.56. The molecule has 1 heterocycles. The van der Waals surface area contributed by atoms with Crippen LogP contribution in [0.5, 0.6) is 0 Å². The Morgan fingerprint density at radius 2 is 1.30 bits per heavy atom. The van der Waals surface area contributed by atoms with E-state index in [2.05, 4.69) is 121 Å². The first kappa shape index (κ1) is 24.4. The molecule has 0 fully saturated rings. The van der Waals surface area contributed by atoms with Crippen molar-refractivity contribution in [3.05, 3.63) is 168 Å². The largest absolute Gasteiger partial charge is 0.208 e. The van der Waals surface area contributed by atoms with Crippen LogP contribution in [0.2, 0.25) is 0 Å². The summed E-state index contributed by atoms with van der Waals surface area (Å²) in [7, 11) is 0. The molecule has 43 heavy (non-hydrogen) atoms. The fraction of sp³-hybridized carbons (Fsp3) is 0.125. The number of rotatable bonds is 3. The topological polar surface area (TPSA) is 38.7 Å². The monoisotopic (exact) mass is 551 g/mol. The van der Waals surface area contributed by atoms with Crippen molar-refractivity contribution in [2.45, 2.75) is 24.2 Å². The van der Waals surface area contributed by atoms with Crippen molar-refractivity contribution in [3.8, 4) is 33.9 Å². The van der Waals surface area contributed by atoms with Gasteiger partial charge in [0.15, 0.2) is 17.5 Å². The maximum Gasteiger partial charge on any atom is 0.164 e. The van der Waals surface area contributed by atoms with E-state index >= 15 is 0 Å². The van der Waals surface area contributed by atoms with Crippen LogP contribution in [0.25, 0.3) is 39.5 Å². The molecule has 5 aromatic rings. The third-order valence-corrected chi connectivity index (χ3v) is 9.64. The van der Waals surface area contributed by atoms with Crippen LogP contribution in [0.1, 0.15) is 46.8 Å². The molecular formula is C40H29N3. The van der Waals surface area contributed by atoms with Crippen LogP contribution in [-0.4, -0.2) is 15.0 Å². The number of allylic oxidation sites excluding steroid dienone is 8. The van der Waals surface area contributed by atoms with Gasteiger partial charge >= 0.3 is 0 Å². The summed E-state index contributed by atoms with van der Waals surface area (Å²) < 4.78 is 0. The Hall–Kier alpha value is -5.15. The lowest BCUT2D eigenvalue weighted by atomic mass is 9.65. The Bertz CT molecular complexity index is 2050. The van der Waals surface area contributed by atoms with Crippen LogP contribution >= 0.6 is 0 Å². The van der Waals surface area contributed by atoms with Crippen LogP contribution in [0.4, 0.5) is 0 Å². The van der Waals surface area contributed by atoms with Gasteiger partial charge in [-0.05, 0) is 52.3 Å². The standard InChI is InChI=1S/C40H29N3/c1-3-13-26(14-4-1)37-41-38(27-15-5-2-6-16-27)43-39(42-37)28-23-24-32-31-19-9-12-22-35(31)40(36(32)25-28)33-20-10-7-17-29(33)30-18-8-11-21-34(30)40/h1,3-5,7-25,29,33H,2,6H2. The Balaban J connectivity index is 1.29. The van der Waals surface area contributed by atoms with Gasteiger partial charge in [0.1, 0.15) is 0 Å². The maximum atomic E-state index is 5.10. The smallest absolute Gasteiger partial charge is 0.164 e. The molecule has 9 rings (SSSR count). The molecule has 3 heteroatoms. The molecule has 1 aromatic heterocycles. The molecule has 3 atom stereocenters. The molecule has 0 aliphatic heterocycles. The van der Waals surface area contributed by atoms with Crippen LogP contribution in [0, 0.1) is 5.92 Å². The van der Waals surface area contributed by atoms with Crippen molar-refractivity contribution in [1.82, 2.24) is 15.0 Å². The minimum atomic E-state index is -0.281. The van der Waals surface area contributed by atoms with Crippen molar-refractivity contribution in [1.29, 1.82) is 0 Å². The minimum Gasteiger partial charge on any atom is -0.208 e. The highest BCUT2D eigenvalue weighted by atomic mass is 15.0. The summed E-state index contributed by atoms with van der Waals surface area (Å²) in [6, 6.07) is 35.2. The van der Waals surface area contributed by atoms with Gasteiger partial charge in [0.25, 0.3) is 0 Å². The SMILES string of the molecule is C1=CC2c3ccccc3C3(c4ccccc4-c4ccc(-c5nc(C6=CCCC=C6)nc(-c6ccccc6)n5)cc43)C2C=C1. The second-order valence-electron chi connectivity index (χ2n) is 11.8. The van der Waals surface area contributed by atoms with E-state index in [1.807, 2.05) is 18.2 Å². The number of fused-ring (bicyclic) bond motifs is 10. The van der Waals surface area contributed by atoms with E-state index in [9.17, 15) is 0 Å². The molecule has 0 amide bonds. The fourth-order valence-corrected chi connectivity index (χ4v) is 7.87. The number of benzene rings is 4. The Labute approximate surface area is 251 Å². The molecule has 0 bridgehead atoms. The molecule has 0 radical (unpaired) electrons. The second-order valence-corrected chi connectivity index (χ2v) is 11.8. The van der Waals surface area contributed by atoms with E-state index in [4.69, 9.17) is 15.0 Å². The van der Waals surface area contributed by atoms with Crippen LogP contribution < -0.4 is 0 Å². The second kappa shape index (κ2) is 9.43. The van der Waals surface area contributed by atoms with Crippen molar-refractivity contribution >= 4 is 5.57 Å². The fourth-order valence-electron chi connectivity index (χ4n) is 7.87. The minimum absolute atomic E-state index is 0.281. The van der Waals surface area contributed by atoms with Gasteiger partial charge in [-0.3, -0.25) is 0 Å². The molecule has 3 unspecified atom stereocenters. The zero-order chi connectivity index (χ0) is 28.4. The third-order valence-electron chi connectivity index (χ3n) is 9.64. The van der Waals surface area contributed by atoms with Crippen molar-refractivity contribution in [2.24, 2.45) is 5.92 Å². The van der Waals surface area contributed by atoms with Crippen molar-refractivity contribution < 1.29 is 0 Å². The molecule has 0 saturated carbocycles. The molecule has 3 nitrogen and oxygen atoms in total. The van der Waals surface area contributed by atoms with Gasteiger partial charge in [-0.25, -0.2) is 15.0 Å². The van der Waals surface area contributed by atoms with E-state index in [1.54, 1.807) is 0 Å². The first-order chi connectivity index (χ1) is 21.3. The first-order valence-electron chi connectivity index (χ1n) is 15.2. The predicted octanol–water partition coefficient (Wildman–Crippen LogP) is 9.09. The zero-order valence-electron chi connectivity index (χ0n) is 23.7. The highest BCUT2D eigenvalue weighted by Crippen LogP contribution is 2.65. The molecule has 4 aromatic carbocycles. The van der Waals surface area contributed by atoms with Crippen LogP contribution in [0.15, 0.2) is 140 Å². The third kappa shape index (κ3) is 3.51. The zero-order valence-corrected chi connectivity index (χ0v) is 23.7. The van der Waals surface area contributed by atoms with E-state index in [1.165, 1.54) is 33.4 Å². The van der Waals surface area contributed by atoms with Crippen molar-refractivity contribution in [3.63, 3.8) is 0 Å². The number of hydrogen-bond donors (Lipinski definition) is 0. The average molecular weight is 552 g/mol. The molecular weight excluding hydrogens is 522 g/mol. The number of nitrogens with zero attached hydrogens (tertiary/aromatic N) is 3. The van der Waals surface area contributed by atoms with E-state index in [-0.39, 0.29) is 5.41 Å².